The van der Waals surface area contributed by atoms with Gasteiger partial charge in [-0.25, -0.2) is 0 Å². The minimum atomic E-state index is -6.42. The van der Waals surface area contributed by atoms with Crippen LogP contribution in [0.3, 0.4) is 0 Å². The largest absolute Gasteiger partial charge is 0.459 e. The highest BCUT2D eigenvalue weighted by Gasteiger charge is 2.73. The van der Waals surface area contributed by atoms with Crippen LogP contribution in [0.1, 0.15) is 6.42 Å². The minimum Gasteiger partial charge on any atom is -0.369 e. The van der Waals surface area contributed by atoms with E-state index in [1.54, 1.807) is 0 Å². The van der Waals surface area contributed by atoms with E-state index in [9.17, 15) is 35.5 Å². The standard InChI is InChI=1S/C5H4F7NO.ClH/c6-3(7,1-2(13)14)4(8,9)5(10,11)12;/h1H2,(H2,13,14);1H. The Kier molecular flexibility index (Phi) is 4.91. The van der Waals surface area contributed by atoms with Gasteiger partial charge in [-0.05, 0) is 0 Å². The molecule has 0 fully saturated rings. The van der Waals surface area contributed by atoms with Crippen molar-refractivity contribution in [3.05, 3.63) is 0 Å². The van der Waals surface area contributed by atoms with Crippen molar-refractivity contribution in [3.8, 4) is 0 Å². The van der Waals surface area contributed by atoms with Gasteiger partial charge in [-0.3, -0.25) is 4.79 Å². The Balaban J connectivity index is 0. The zero-order valence-electron chi connectivity index (χ0n) is 6.75. The van der Waals surface area contributed by atoms with Crippen LogP contribution >= 0.6 is 12.4 Å². The minimum absolute atomic E-state index is 0. The van der Waals surface area contributed by atoms with Crippen LogP contribution in [-0.2, 0) is 4.79 Å². The molecule has 0 unspecified atom stereocenters. The molecule has 0 saturated carbocycles. The second kappa shape index (κ2) is 4.42. The molecular formula is C5H5ClF7NO. The van der Waals surface area contributed by atoms with Gasteiger partial charge in [0.05, 0.1) is 6.42 Å². The summed E-state index contributed by atoms with van der Waals surface area (Å²) in [6, 6.07) is 0. The van der Waals surface area contributed by atoms with Crippen LogP contribution < -0.4 is 5.73 Å². The third-order valence-electron chi connectivity index (χ3n) is 1.21. The van der Waals surface area contributed by atoms with E-state index >= 15 is 0 Å². The molecule has 15 heavy (non-hydrogen) atoms. The van der Waals surface area contributed by atoms with Crippen molar-refractivity contribution in [1.29, 1.82) is 0 Å². The van der Waals surface area contributed by atoms with Crippen LogP contribution in [0.2, 0.25) is 0 Å². The summed E-state index contributed by atoms with van der Waals surface area (Å²) in [6.07, 6.45) is -8.79. The molecule has 0 bridgehead atoms. The molecule has 2 N–H and O–H groups in total. The van der Waals surface area contributed by atoms with Gasteiger partial charge in [0.2, 0.25) is 5.91 Å². The number of carbonyl (C=O) groups is 1. The van der Waals surface area contributed by atoms with E-state index in [2.05, 4.69) is 5.73 Å². The lowest BCUT2D eigenvalue weighted by atomic mass is 10.1. The molecular weight excluding hydrogens is 258 g/mol. The molecule has 0 spiro atoms. The van der Waals surface area contributed by atoms with Gasteiger partial charge in [-0.1, -0.05) is 0 Å². The molecule has 2 nitrogen and oxygen atoms in total. The summed E-state index contributed by atoms with van der Waals surface area (Å²) < 4.78 is 82.5. The summed E-state index contributed by atoms with van der Waals surface area (Å²) in [7, 11) is 0. The predicted octanol–water partition coefficient (Wildman–Crippen LogP) is 2.12. The number of hydrogen-bond donors (Lipinski definition) is 1. The molecule has 0 saturated heterocycles. The number of primary amides is 1. The fourth-order valence-corrected chi connectivity index (χ4v) is 0.537. The molecule has 0 aromatic rings. The van der Waals surface area contributed by atoms with Crippen molar-refractivity contribution >= 4 is 18.3 Å². The lowest BCUT2D eigenvalue weighted by molar-refractivity contribution is -0.353. The third-order valence-corrected chi connectivity index (χ3v) is 1.21. The molecule has 0 radical (unpaired) electrons. The van der Waals surface area contributed by atoms with Gasteiger partial charge < -0.3 is 5.73 Å². The molecule has 1 amide bonds. The lowest BCUT2D eigenvalue weighted by Crippen LogP contribution is -2.53. The van der Waals surface area contributed by atoms with Crippen LogP contribution in [0.15, 0.2) is 0 Å². The van der Waals surface area contributed by atoms with E-state index < -0.39 is 30.3 Å². The SMILES string of the molecule is Cl.NC(=O)CC(F)(F)C(F)(F)C(F)(F)F. The maximum absolute atomic E-state index is 12.2. The Bertz CT molecular complexity index is 238. The number of carbonyl (C=O) groups excluding carboxylic acids is 1. The van der Waals surface area contributed by atoms with Crippen molar-refractivity contribution in [3.63, 3.8) is 0 Å². The summed E-state index contributed by atoms with van der Waals surface area (Å²) in [6.45, 7) is 0. The highest BCUT2D eigenvalue weighted by Crippen LogP contribution is 2.47. The first kappa shape index (κ1) is 16.7. The second-order valence-corrected chi connectivity index (χ2v) is 2.42. The first-order valence-corrected chi connectivity index (χ1v) is 3.02. The lowest BCUT2D eigenvalue weighted by Gasteiger charge is -2.27. The Morgan fingerprint density at radius 2 is 1.33 bits per heavy atom. The molecule has 92 valence electrons. The summed E-state index contributed by atoms with van der Waals surface area (Å²) in [4.78, 5) is 9.83. The molecule has 0 heterocycles. The van der Waals surface area contributed by atoms with Crippen LogP contribution in [0.25, 0.3) is 0 Å². The summed E-state index contributed by atoms with van der Waals surface area (Å²) >= 11 is 0. The number of nitrogens with two attached hydrogens (primary N) is 1. The number of halogens is 8. The summed E-state index contributed by atoms with van der Waals surface area (Å²) in [5.41, 5.74) is 4.10. The van der Waals surface area contributed by atoms with Gasteiger partial charge in [0, 0.05) is 0 Å². The van der Waals surface area contributed by atoms with E-state index in [1.165, 1.54) is 0 Å². The van der Waals surface area contributed by atoms with E-state index in [-0.39, 0.29) is 12.4 Å². The maximum Gasteiger partial charge on any atom is 0.459 e. The Labute approximate surface area is 85.0 Å². The van der Waals surface area contributed by atoms with Gasteiger partial charge in [0.25, 0.3) is 0 Å². The zero-order valence-corrected chi connectivity index (χ0v) is 7.56. The number of hydrogen-bond acceptors (Lipinski definition) is 1. The predicted molar refractivity (Wildman–Crippen MR) is 37.0 cm³/mol. The summed E-state index contributed by atoms with van der Waals surface area (Å²) in [5, 5.41) is 0. The Hall–Kier alpha value is -0.730. The van der Waals surface area contributed by atoms with Crippen LogP contribution in [0.4, 0.5) is 30.7 Å². The average molecular weight is 264 g/mol. The molecule has 0 rings (SSSR count). The van der Waals surface area contributed by atoms with E-state index in [0.29, 0.717) is 0 Å². The third kappa shape index (κ3) is 3.40. The smallest absolute Gasteiger partial charge is 0.369 e. The molecule has 0 aromatic carbocycles. The van der Waals surface area contributed by atoms with Gasteiger partial charge in [0.15, 0.2) is 0 Å². The Morgan fingerprint density at radius 1 is 1.00 bits per heavy atom. The van der Waals surface area contributed by atoms with Gasteiger partial charge >= 0.3 is 18.0 Å². The van der Waals surface area contributed by atoms with Crippen molar-refractivity contribution in [1.82, 2.24) is 0 Å². The van der Waals surface area contributed by atoms with Crippen LogP contribution in [-0.4, -0.2) is 23.9 Å². The number of amides is 1. The average Bonchev–Trinajstić information content (AvgIpc) is 1.80. The molecule has 10 heteroatoms. The molecule has 0 atom stereocenters. The molecule has 0 aliphatic rings. The maximum atomic E-state index is 12.2. The van der Waals surface area contributed by atoms with Crippen molar-refractivity contribution in [2.45, 2.75) is 24.4 Å². The normalized spacial score (nSPS) is 13.3. The first-order valence-electron chi connectivity index (χ1n) is 3.02. The molecule has 0 aromatic heterocycles. The Morgan fingerprint density at radius 3 is 1.53 bits per heavy atom. The first-order chi connectivity index (χ1) is 5.92. The van der Waals surface area contributed by atoms with E-state index in [1.807, 2.05) is 0 Å². The van der Waals surface area contributed by atoms with Crippen molar-refractivity contribution in [2.75, 3.05) is 0 Å². The fourth-order valence-electron chi connectivity index (χ4n) is 0.537. The fraction of sp³-hybridized carbons (Fsp3) is 0.800. The monoisotopic (exact) mass is 263 g/mol. The topological polar surface area (TPSA) is 43.1 Å². The molecule has 0 aliphatic heterocycles. The van der Waals surface area contributed by atoms with E-state index in [4.69, 9.17) is 0 Å². The van der Waals surface area contributed by atoms with Gasteiger partial charge in [0.1, 0.15) is 0 Å². The van der Waals surface area contributed by atoms with Crippen molar-refractivity contribution in [2.24, 2.45) is 5.73 Å². The zero-order chi connectivity index (χ0) is 11.8. The highest BCUT2D eigenvalue weighted by molar-refractivity contribution is 5.85. The quantitative estimate of drug-likeness (QED) is 0.779. The van der Waals surface area contributed by atoms with Crippen LogP contribution in [0, 0.1) is 0 Å². The van der Waals surface area contributed by atoms with Gasteiger partial charge in [-0.15, -0.1) is 12.4 Å². The second-order valence-electron chi connectivity index (χ2n) is 2.42. The summed E-state index contributed by atoms with van der Waals surface area (Å²) in [5.74, 6) is -13.7. The van der Waals surface area contributed by atoms with Gasteiger partial charge in [-0.2, -0.15) is 30.7 Å². The number of rotatable bonds is 3. The van der Waals surface area contributed by atoms with Crippen LogP contribution in [0.5, 0.6) is 0 Å². The highest BCUT2D eigenvalue weighted by atomic mass is 35.5. The van der Waals surface area contributed by atoms with E-state index in [0.717, 1.165) is 0 Å². The van der Waals surface area contributed by atoms with Crippen molar-refractivity contribution < 1.29 is 35.5 Å². The number of alkyl halides is 7. The molecule has 0 aliphatic carbocycles.